The monoisotopic (exact) mass is 289 g/mol. The fraction of sp³-hybridized carbons (Fsp3) is 0.200. The van der Waals surface area contributed by atoms with E-state index in [2.05, 4.69) is 15.6 Å². The minimum atomic E-state index is -0.197. The molecule has 20 heavy (non-hydrogen) atoms. The largest absolute Gasteiger partial charge is 0.319 e. The predicted molar refractivity (Wildman–Crippen MR) is 81.3 cm³/mol. The number of nitrogens with zero attached hydrogens (tertiary/aromatic N) is 1. The maximum atomic E-state index is 12.3. The van der Waals surface area contributed by atoms with Gasteiger partial charge in [0.1, 0.15) is 0 Å². The molecule has 0 fully saturated rings. The lowest BCUT2D eigenvalue weighted by atomic mass is 10.0. The quantitative estimate of drug-likeness (QED) is 0.890. The summed E-state index contributed by atoms with van der Waals surface area (Å²) < 4.78 is 0. The van der Waals surface area contributed by atoms with Gasteiger partial charge in [0.25, 0.3) is 5.91 Å². The van der Waals surface area contributed by atoms with Crippen LogP contribution in [0.2, 0.25) is 5.02 Å². The Bertz CT molecular complexity index is 601. The van der Waals surface area contributed by atoms with Crippen molar-refractivity contribution in [3.63, 3.8) is 0 Å². The number of halogens is 1. The lowest BCUT2D eigenvalue weighted by Gasteiger charge is -2.10. The summed E-state index contributed by atoms with van der Waals surface area (Å²) in [4.78, 5) is 16.4. The van der Waals surface area contributed by atoms with E-state index in [4.69, 9.17) is 11.6 Å². The van der Waals surface area contributed by atoms with Crippen LogP contribution >= 0.6 is 11.6 Å². The maximum Gasteiger partial charge on any atom is 0.257 e. The molecule has 1 heterocycles. The first kappa shape index (κ1) is 14.5. The normalized spacial score (nSPS) is 10.3. The second kappa shape index (κ2) is 7.03. The number of pyridine rings is 1. The highest BCUT2D eigenvalue weighted by Crippen LogP contribution is 2.19. The molecular weight excluding hydrogens is 274 g/mol. The van der Waals surface area contributed by atoms with Gasteiger partial charge in [-0.2, -0.15) is 0 Å². The summed E-state index contributed by atoms with van der Waals surface area (Å²) in [5.41, 5.74) is 1.64. The second-order valence-electron chi connectivity index (χ2n) is 4.30. The number of anilines is 1. The minimum absolute atomic E-state index is 0.197. The van der Waals surface area contributed by atoms with Gasteiger partial charge in [0.2, 0.25) is 0 Å². The number of amides is 1. The fourth-order valence-electron chi connectivity index (χ4n) is 1.87. The number of hydrogen-bond acceptors (Lipinski definition) is 3. The standard InChI is InChI=1S/C15H16ClN3O/c1-17-10-8-11-5-2-3-6-12(11)15(20)19-14-13(16)7-4-9-18-14/h2-7,9,17H,8,10H2,1H3,(H,18,19,20). The third-order valence-corrected chi connectivity index (χ3v) is 3.20. The van der Waals surface area contributed by atoms with Crippen molar-refractivity contribution in [2.45, 2.75) is 6.42 Å². The molecule has 0 radical (unpaired) electrons. The third kappa shape index (κ3) is 3.56. The first-order valence-electron chi connectivity index (χ1n) is 6.36. The first-order valence-corrected chi connectivity index (χ1v) is 6.74. The van der Waals surface area contributed by atoms with Crippen molar-refractivity contribution in [1.82, 2.24) is 10.3 Å². The van der Waals surface area contributed by atoms with Crippen molar-refractivity contribution in [2.24, 2.45) is 0 Å². The van der Waals surface area contributed by atoms with Gasteiger partial charge in [-0.1, -0.05) is 29.8 Å². The van der Waals surface area contributed by atoms with Crippen molar-refractivity contribution < 1.29 is 4.79 Å². The summed E-state index contributed by atoms with van der Waals surface area (Å²) in [5, 5.41) is 6.24. The molecule has 2 rings (SSSR count). The summed E-state index contributed by atoms with van der Waals surface area (Å²) in [7, 11) is 1.89. The molecule has 1 aromatic heterocycles. The first-order chi connectivity index (χ1) is 9.72. The molecule has 5 heteroatoms. The van der Waals surface area contributed by atoms with Gasteiger partial charge in [0.05, 0.1) is 5.02 Å². The van der Waals surface area contributed by atoms with Crippen molar-refractivity contribution in [3.05, 3.63) is 58.7 Å². The maximum absolute atomic E-state index is 12.3. The predicted octanol–water partition coefficient (Wildman–Crippen LogP) is 2.75. The summed E-state index contributed by atoms with van der Waals surface area (Å²) >= 11 is 5.99. The Morgan fingerprint density at radius 1 is 1.25 bits per heavy atom. The summed E-state index contributed by atoms with van der Waals surface area (Å²) in [6.45, 7) is 0.814. The number of benzene rings is 1. The van der Waals surface area contributed by atoms with Gasteiger partial charge in [-0.25, -0.2) is 4.98 Å². The molecule has 0 aliphatic heterocycles. The van der Waals surface area contributed by atoms with Gasteiger partial charge in [-0.3, -0.25) is 4.79 Å². The van der Waals surface area contributed by atoms with Crippen LogP contribution < -0.4 is 10.6 Å². The van der Waals surface area contributed by atoms with Crippen LogP contribution in [0.1, 0.15) is 15.9 Å². The van der Waals surface area contributed by atoms with E-state index in [1.807, 2.05) is 25.2 Å². The van der Waals surface area contributed by atoms with E-state index >= 15 is 0 Å². The molecule has 4 nitrogen and oxygen atoms in total. The Labute approximate surface area is 123 Å². The number of nitrogens with one attached hydrogen (secondary N) is 2. The highest BCUT2D eigenvalue weighted by atomic mass is 35.5. The van der Waals surface area contributed by atoms with E-state index in [0.29, 0.717) is 16.4 Å². The summed E-state index contributed by atoms with van der Waals surface area (Å²) in [6, 6.07) is 10.9. The molecule has 0 saturated carbocycles. The van der Waals surface area contributed by atoms with E-state index in [9.17, 15) is 4.79 Å². The zero-order chi connectivity index (χ0) is 14.4. The van der Waals surface area contributed by atoms with Crippen LogP contribution in [0.4, 0.5) is 5.82 Å². The van der Waals surface area contributed by atoms with Crippen LogP contribution in [0.3, 0.4) is 0 Å². The zero-order valence-corrected chi connectivity index (χ0v) is 11.9. The van der Waals surface area contributed by atoms with Crippen LogP contribution in [-0.4, -0.2) is 24.5 Å². The zero-order valence-electron chi connectivity index (χ0n) is 11.2. The number of carbonyl (C=O) groups is 1. The minimum Gasteiger partial charge on any atom is -0.319 e. The van der Waals surface area contributed by atoms with E-state index in [-0.39, 0.29) is 5.91 Å². The smallest absolute Gasteiger partial charge is 0.257 e. The topological polar surface area (TPSA) is 54.0 Å². The van der Waals surface area contributed by atoms with Crippen molar-refractivity contribution >= 4 is 23.3 Å². The number of likely N-dealkylation sites (N-methyl/N-ethyl adjacent to an activating group) is 1. The van der Waals surface area contributed by atoms with Crippen LogP contribution in [0.15, 0.2) is 42.6 Å². The Kier molecular flexibility index (Phi) is 5.09. The summed E-state index contributed by atoms with van der Waals surface area (Å²) in [6.07, 6.45) is 2.38. The molecule has 0 spiro atoms. The van der Waals surface area contributed by atoms with Crippen molar-refractivity contribution in [3.8, 4) is 0 Å². The highest BCUT2D eigenvalue weighted by molar-refractivity contribution is 6.33. The number of aromatic nitrogens is 1. The highest BCUT2D eigenvalue weighted by Gasteiger charge is 2.12. The number of rotatable bonds is 5. The van der Waals surface area contributed by atoms with Crippen LogP contribution in [0.5, 0.6) is 0 Å². The van der Waals surface area contributed by atoms with Gasteiger partial charge in [0.15, 0.2) is 5.82 Å². The number of carbonyl (C=O) groups excluding carboxylic acids is 1. The molecule has 0 bridgehead atoms. The van der Waals surface area contributed by atoms with E-state index < -0.39 is 0 Å². The lowest BCUT2D eigenvalue weighted by Crippen LogP contribution is -2.17. The van der Waals surface area contributed by atoms with Crippen molar-refractivity contribution in [2.75, 3.05) is 18.9 Å². The molecule has 0 unspecified atom stereocenters. The van der Waals surface area contributed by atoms with E-state index in [1.54, 1.807) is 24.4 Å². The average Bonchev–Trinajstić information content (AvgIpc) is 2.47. The van der Waals surface area contributed by atoms with Gasteiger partial charge in [-0.15, -0.1) is 0 Å². The van der Waals surface area contributed by atoms with Gasteiger partial charge >= 0.3 is 0 Å². The van der Waals surface area contributed by atoms with Crippen molar-refractivity contribution in [1.29, 1.82) is 0 Å². The molecule has 2 aromatic rings. The Balaban J connectivity index is 2.19. The van der Waals surface area contributed by atoms with Crippen LogP contribution in [0, 0.1) is 0 Å². The van der Waals surface area contributed by atoms with Gasteiger partial charge in [-0.05, 0) is 43.8 Å². The molecule has 2 N–H and O–H groups in total. The summed E-state index contributed by atoms with van der Waals surface area (Å²) in [5.74, 6) is 0.180. The molecule has 1 aromatic carbocycles. The molecule has 0 aliphatic carbocycles. The SMILES string of the molecule is CNCCc1ccccc1C(=O)Nc1ncccc1Cl. The molecule has 0 saturated heterocycles. The Morgan fingerprint density at radius 3 is 2.80 bits per heavy atom. The Morgan fingerprint density at radius 2 is 2.05 bits per heavy atom. The average molecular weight is 290 g/mol. The number of hydrogen-bond donors (Lipinski definition) is 2. The molecule has 0 aliphatic rings. The fourth-order valence-corrected chi connectivity index (χ4v) is 2.04. The van der Waals surface area contributed by atoms with Crippen LogP contribution in [0.25, 0.3) is 0 Å². The van der Waals surface area contributed by atoms with E-state index in [1.165, 1.54) is 0 Å². The third-order valence-electron chi connectivity index (χ3n) is 2.90. The van der Waals surface area contributed by atoms with Gasteiger partial charge < -0.3 is 10.6 Å². The van der Waals surface area contributed by atoms with Crippen LogP contribution in [-0.2, 0) is 6.42 Å². The van der Waals surface area contributed by atoms with Gasteiger partial charge in [0, 0.05) is 11.8 Å². The molecule has 0 atom stereocenters. The second-order valence-corrected chi connectivity index (χ2v) is 4.71. The molecule has 1 amide bonds. The molecule has 104 valence electrons. The molecular formula is C15H16ClN3O. The lowest BCUT2D eigenvalue weighted by molar-refractivity contribution is 0.102. The Hall–Kier alpha value is -1.91. The van der Waals surface area contributed by atoms with E-state index in [0.717, 1.165) is 18.5 Å².